The van der Waals surface area contributed by atoms with E-state index in [0.29, 0.717) is 12.4 Å². The minimum atomic E-state index is 0.613. The molecule has 8 heteroatoms. The van der Waals surface area contributed by atoms with Crippen molar-refractivity contribution < 1.29 is 0 Å². The fraction of sp³-hybridized carbons (Fsp3) is 0.455. The molecule has 0 aliphatic carbocycles. The fourth-order valence-electron chi connectivity index (χ4n) is 1.65. The molecule has 0 unspecified atom stereocenters. The molecule has 0 spiro atoms. The summed E-state index contributed by atoms with van der Waals surface area (Å²) < 4.78 is 1.75. The molecule has 8 nitrogen and oxygen atoms in total. The van der Waals surface area contributed by atoms with Gasteiger partial charge in [0.05, 0.1) is 12.7 Å². The molecule has 2 aromatic heterocycles. The van der Waals surface area contributed by atoms with E-state index in [0.717, 1.165) is 31.0 Å². The maximum Gasteiger partial charge on any atom is 0.145 e. The Morgan fingerprint density at radius 1 is 1.32 bits per heavy atom. The summed E-state index contributed by atoms with van der Waals surface area (Å²) in [7, 11) is 0. The molecule has 0 aromatic carbocycles. The van der Waals surface area contributed by atoms with Crippen molar-refractivity contribution in [3.63, 3.8) is 0 Å². The predicted octanol–water partition coefficient (Wildman–Crippen LogP) is 0.418. The number of aryl methyl sites for hydroxylation is 1. The van der Waals surface area contributed by atoms with Gasteiger partial charge in [-0.3, -0.25) is 4.68 Å². The van der Waals surface area contributed by atoms with Crippen molar-refractivity contribution >= 4 is 11.6 Å². The van der Waals surface area contributed by atoms with Gasteiger partial charge in [-0.1, -0.05) is 12.1 Å². The lowest BCUT2D eigenvalue weighted by molar-refractivity contribution is 0.608. The molecule has 0 radical (unpaired) electrons. The van der Waals surface area contributed by atoms with Gasteiger partial charge in [0, 0.05) is 25.2 Å². The summed E-state index contributed by atoms with van der Waals surface area (Å²) in [4.78, 5) is 8.71. The van der Waals surface area contributed by atoms with Crippen molar-refractivity contribution in [3.05, 3.63) is 24.3 Å². The van der Waals surface area contributed by atoms with E-state index in [1.807, 2.05) is 6.20 Å². The molecule has 0 bridgehead atoms. The molecule has 0 aliphatic rings. The molecule has 19 heavy (non-hydrogen) atoms. The molecule has 0 aliphatic heterocycles. The van der Waals surface area contributed by atoms with Gasteiger partial charge in [0.1, 0.15) is 17.5 Å². The summed E-state index contributed by atoms with van der Waals surface area (Å²) >= 11 is 0. The smallest absolute Gasteiger partial charge is 0.145 e. The first-order valence-electron chi connectivity index (χ1n) is 6.24. The molecule has 0 atom stereocenters. The molecule has 102 valence electrons. The largest absolute Gasteiger partial charge is 0.368 e. The highest BCUT2D eigenvalue weighted by molar-refractivity contribution is 5.46. The van der Waals surface area contributed by atoms with Crippen LogP contribution in [-0.4, -0.2) is 31.5 Å². The van der Waals surface area contributed by atoms with Gasteiger partial charge in [-0.05, 0) is 6.42 Å². The van der Waals surface area contributed by atoms with Crippen molar-refractivity contribution in [3.8, 4) is 0 Å². The molecule has 0 fully saturated rings. The molecular weight excluding hydrogens is 244 g/mol. The number of nitrogens with two attached hydrogens (primary N) is 1. The Balaban J connectivity index is 1.96. The Kier molecular flexibility index (Phi) is 4.62. The summed E-state index contributed by atoms with van der Waals surface area (Å²) in [6.07, 6.45) is 5.29. The van der Waals surface area contributed by atoms with Crippen LogP contribution in [0.2, 0.25) is 0 Å². The standard InChI is InChI=1S/C11H18N8/c1-2-3-9-15-10(8-11(16-9)17-12)13-4-6-19-7-5-14-18-19/h5,7-8H,2-4,6,12H2,1H3,(H2,13,15,16,17). The van der Waals surface area contributed by atoms with Crippen molar-refractivity contribution in [1.82, 2.24) is 25.0 Å². The Morgan fingerprint density at radius 3 is 2.84 bits per heavy atom. The number of nitrogens with zero attached hydrogens (tertiary/aromatic N) is 5. The normalized spacial score (nSPS) is 10.4. The van der Waals surface area contributed by atoms with Crippen molar-refractivity contribution in [2.75, 3.05) is 17.3 Å². The van der Waals surface area contributed by atoms with Crippen LogP contribution in [0.4, 0.5) is 11.6 Å². The van der Waals surface area contributed by atoms with Gasteiger partial charge in [0.2, 0.25) is 0 Å². The molecule has 2 heterocycles. The highest BCUT2D eigenvalue weighted by Crippen LogP contribution is 2.11. The first-order chi connectivity index (χ1) is 9.31. The number of hydrogen-bond acceptors (Lipinski definition) is 7. The van der Waals surface area contributed by atoms with Crippen LogP contribution in [0.25, 0.3) is 0 Å². The molecule has 2 rings (SSSR count). The zero-order valence-corrected chi connectivity index (χ0v) is 10.9. The van der Waals surface area contributed by atoms with Gasteiger partial charge in [0.15, 0.2) is 0 Å². The Bertz CT molecular complexity index is 495. The molecule has 0 amide bonds. The zero-order chi connectivity index (χ0) is 13.5. The second kappa shape index (κ2) is 6.64. The Morgan fingerprint density at radius 2 is 2.16 bits per heavy atom. The summed E-state index contributed by atoms with van der Waals surface area (Å²) in [5, 5.41) is 10.9. The van der Waals surface area contributed by atoms with Crippen molar-refractivity contribution in [1.29, 1.82) is 0 Å². The van der Waals surface area contributed by atoms with Gasteiger partial charge >= 0.3 is 0 Å². The van der Waals surface area contributed by atoms with Gasteiger partial charge in [0.25, 0.3) is 0 Å². The lowest BCUT2D eigenvalue weighted by Gasteiger charge is -2.09. The summed E-state index contributed by atoms with van der Waals surface area (Å²) in [5.41, 5.74) is 2.55. The SMILES string of the molecule is CCCc1nc(NN)cc(NCCn2ccnn2)n1. The van der Waals surface area contributed by atoms with E-state index in [1.54, 1.807) is 16.9 Å². The Labute approximate surface area is 111 Å². The number of nitrogens with one attached hydrogen (secondary N) is 2. The molecular formula is C11H18N8. The number of hydrazine groups is 1. The third-order valence-corrected chi connectivity index (χ3v) is 2.51. The lowest BCUT2D eigenvalue weighted by atomic mass is 10.3. The van der Waals surface area contributed by atoms with Gasteiger partial charge < -0.3 is 10.7 Å². The summed E-state index contributed by atoms with van der Waals surface area (Å²) in [5.74, 6) is 7.55. The van der Waals surface area contributed by atoms with Gasteiger partial charge in [-0.2, -0.15) is 0 Å². The zero-order valence-electron chi connectivity index (χ0n) is 10.9. The maximum absolute atomic E-state index is 5.40. The van der Waals surface area contributed by atoms with Crippen molar-refractivity contribution in [2.24, 2.45) is 5.84 Å². The number of nitrogen functional groups attached to an aromatic ring is 1. The van der Waals surface area contributed by atoms with E-state index >= 15 is 0 Å². The quantitative estimate of drug-likeness (QED) is 0.490. The van der Waals surface area contributed by atoms with Gasteiger partial charge in [-0.15, -0.1) is 5.10 Å². The molecule has 4 N–H and O–H groups in total. The van der Waals surface area contributed by atoms with Crippen LogP contribution in [0.3, 0.4) is 0 Å². The van der Waals surface area contributed by atoms with Crippen LogP contribution >= 0.6 is 0 Å². The summed E-state index contributed by atoms with van der Waals surface area (Å²) in [6.45, 7) is 3.51. The number of rotatable bonds is 7. The van der Waals surface area contributed by atoms with E-state index < -0.39 is 0 Å². The number of aromatic nitrogens is 5. The fourth-order valence-corrected chi connectivity index (χ4v) is 1.65. The van der Waals surface area contributed by atoms with E-state index in [4.69, 9.17) is 5.84 Å². The second-order valence-electron chi connectivity index (χ2n) is 4.04. The van der Waals surface area contributed by atoms with Crippen LogP contribution < -0.4 is 16.6 Å². The van der Waals surface area contributed by atoms with E-state index in [1.165, 1.54) is 0 Å². The minimum Gasteiger partial charge on any atom is -0.368 e. The lowest BCUT2D eigenvalue weighted by Crippen LogP contribution is -2.15. The number of anilines is 2. The maximum atomic E-state index is 5.40. The van der Waals surface area contributed by atoms with E-state index in [9.17, 15) is 0 Å². The van der Waals surface area contributed by atoms with Gasteiger partial charge in [-0.25, -0.2) is 15.8 Å². The predicted molar refractivity (Wildman–Crippen MR) is 72.3 cm³/mol. The molecule has 0 saturated carbocycles. The highest BCUT2D eigenvalue weighted by atomic mass is 15.4. The third kappa shape index (κ3) is 3.88. The van der Waals surface area contributed by atoms with E-state index in [2.05, 4.69) is 37.9 Å². The van der Waals surface area contributed by atoms with Crippen LogP contribution in [0.5, 0.6) is 0 Å². The van der Waals surface area contributed by atoms with Crippen LogP contribution in [0.1, 0.15) is 19.2 Å². The van der Waals surface area contributed by atoms with Crippen LogP contribution in [0.15, 0.2) is 18.5 Å². The highest BCUT2D eigenvalue weighted by Gasteiger charge is 2.03. The molecule has 0 saturated heterocycles. The molecule has 2 aromatic rings. The van der Waals surface area contributed by atoms with Crippen molar-refractivity contribution in [2.45, 2.75) is 26.3 Å². The number of hydrogen-bond donors (Lipinski definition) is 3. The first kappa shape index (κ1) is 13.2. The van der Waals surface area contributed by atoms with Crippen LogP contribution in [0, 0.1) is 0 Å². The minimum absolute atomic E-state index is 0.613. The summed E-state index contributed by atoms with van der Waals surface area (Å²) in [6, 6.07) is 1.78. The average Bonchev–Trinajstić information content (AvgIpc) is 2.92. The topological polar surface area (TPSA) is 107 Å². The first-order valence-corrected chi connectivity index (χ1v) is 6.24. The monoisotopic (exact) mass is 262 g/mol. The average molecular weight is 262 g/mol. The second-order valence-corrected chi connectivity index (χ2v) is 4.04. The third-order valence-electron chi connectivity index (χ3n) is 2.51. The van der Waals surface area contributed by atoms with Crippen LogP contribution in [-0.2, 0) is 13.0 Å². The van der Waals surface area contributed by atoms with E-state index in [-0.39, 0.29) is 0 Å². The Hall–Kier alpha value is -2.22.